The van der Waals surface area contributed by atoms with Crippen LogP contribution in [0.5, 0.6) is 0 Å². The highest BCUT2D eigenvalue weighted by Crippen LogP contribution is 2.74. The van der Waals surface area contributed by atoms with E-state index in [2.05, 4.69) is 16.3 Å². The van der Waals surface area contributed by atoms with Crippen molar-refractivity contribution in [3.05, 3.63) is 65.4 Å². The summed E-state index contributed by atoms with van der Waals surface area (Å²) < 4.78 is 30.0. The number of aromatic nitrogens is 2. The molecular formula is C24H19F2N5O. The van der Waals surface area contributed by atoms with Gasteiger partial charge in [-0.1, -0.05) is 0 Å². The zero-order valence-corrected chi connectivity index (χ0v) is 17.1. The highest BCUT2D eigenvalue weighted by molar-refractivity contribution is 5.88. The summed E-state index contributed by atoms with van der Waals surface area (Å²) in [5.41, 5.74) is 1.28. The van der Waals surface area contributed by atoms with Crippen molar-refractivity contribution < 1.29 is 13.6 Å². The number of carbonyl (C=O) groups is 1. The van der Waals surface area contributed by atoms with E-state index in [1.807, 2.05) is 16.8 Å². The van der Waals surface area contributed by atoms with Crippen molar-refractivity contribution in [1.82, 2.24) is 14.8 Å². The monoisotopic (exact) mass is 431 g/mol. The number of amides is 1. The van der Waals surface area contributed by atoms with E-state index in [1.54, 1.807) is 18.5 Å². The van der Waals surface area contributed by atoms with Gasteiger partial charge in [0.2, 0.25) is 5.91 Å². The molecule has 3 fully saturated rings. The molecule has 4 aliphatic rings. The lowest BCUT2D eigenvalue weighted by Crippen LogP contribution is -2.68. The van der Waals surface area contributed by atoms with Crippen LogP contribution in [0.3, 0.4) is 0 Å². The fraction of sp³-hybridized carbons (Fsp3) is 0.333. The SMILES string of the molecule is N#Cc1ccc2c(cnn2CC23CC(C(=O)N4N=CCC4c4cc(F)ccc4F)(C2)C3)c1. The lowest BCUT2D eigenvalue weighted by molar-refractivity contribution is -0.223. The van der Waals surface area contributed by atoms with Crippen LogP contribution in [-0.4, -0.2) is 26.9 Å². The van der Waals surface area contributed by atoms with Gasteiger partial charge >= 0.3 is 0 Å². The molecule has 1 aliphatic heterocycles. The first-order chi connectivity index (χ1) is 15.4. The van der Waals surface area contributed by atoms with Crippen LogP contribution in [-0.2, 0) is 11.3 Å². The van der Waals surface area contributed by atoms with Crippen molar-refractivity contribution in [3.63, 3.8) is 0 Å². The summed E-state index contributed by atoms with van der Waals surface area (Å²) in [5, 5.41) is 20.1. The van der Waals surface area contributed by atoms with Gasteiger partial charge in [0.05, 0.1) is 34.8 Å². The Kier molecular flexibility index (Phi) is 3.85. The molecule has 8 heteroatoms. The van der Waals surface area contributed by atoms with Gasteiger partial charge in [-0.2, -0.15) is 15.5 Å². The van der Waals surface area contributed by atoms with Crippen molar-refractivity contribution in [2.24, 2.45) is 15.9 Å². The lowest BCUT2D eigenvalue weighted by atomic mass is 9.34. The predicted octanol–water partition coefficient (Wildman–Crippen LogP) is 4.32. The molecule has 0 spiro atoms. The average Bonchev–Trinajstić information content (AvgIpc) is 3.37. The maximum absolute atomic E-state index is 14.3. The van der Waals surface area contributed by atoms with E-state index in [4.69, 9.17) is 5.26 Å². The molecule has 2 bridgehead atoms. The maximum Gasteiger partial charge on any atom is 0.249 e. The third kappa shape index (κ3) is 2.63. The molecule has 3 aliphatic carbocycles. The summed E-state index contributed by atoms with van der Waals surface area (Å²) in [6.45, 7) is 0.711. The van der Waals surface area contributed by atoms with Crippen LogP contribution >= 0.6 is 0 Å². The molecule has 3 saturated carbocycles. The third-order valence-corrected chi connectivity index (χ3v) is 7.21. The molecule has 1 unspecified atom stereocenters. The first-order valence-electron chi connectivity index (χ1n) is 10.6. The Morgan fingerprint density at radius 3 is 2.78 bits per heavy atom. The number of hydrazone groups is 1. The summed E-state index contributed by atoms with van der Waals surface area (Å²) in [5.74, 6) is -1.16. The summed E-state index contributed by atoms with van der Waals surface area (Å²) in [7, 11) is 0. The van der Waals surface area contributed by atoms with Crippen LogP contribution in [0, 0.1) is 33.8 Å². The number of benzene rings is 2. The number of rotatable bonds is 4. The number of nitrogens with zero attached hydrogens (tertiary/aromatic N) is 5. The molecule has 3 aromatic rings. The second-order valence-corrected chi connectivity index (χ2v) is 9.36. The topological polar surface area (TPSA) is 74.3 Å². The van der Waals surface area contributed by atoms with Gasteiger partial charge in [0.25, 0.3) is 0 Å². The van der Waals surface area contributed by atoms with Gasteiger partial charge in [-0.25, -0.2) is 13.8 Å². The average molecular weight is 431 g/mol. The number of hydrogen-bond donors (Lipinski definition) is 0. The van der Waals surface area contributed by atoms with Crippen LogP contribution in [0.1, 0.15) is 42.9 Å². The second kappa shape index (κ2) is 6.45. The van der Waals surface area contributed by atoms with E-state index in [1.165, 1.54) is 5.01 Å². The number of halogens is 2. The van der Waals surface area contributed by atoms with Gasteiger partial charge in [-0.15, -0.1) is 0 Å². The lowest BCUT2D eigenvalue weighted by Gasteiger charge is -2.69. The Morgan fingerprint density at radius 2 is 2.00 bits per heavy atom. The second-order valence-electron chi connectivity index (χ2n) is 9.36. The normalized spacial score (nSPS) is 27.8. The molecule has 1 amide bonds. The molecule has 0 radical (unpaired) electrons. The van der Waals surface area contributed by atoms with E-state index < -0.39 is 23.1 Å². The number of fused-ring (bicyclic) bond motifs is 1. The molecule has 6 nitrogen and oxygen atoms in total. The number of hydrogen-bond acceptors (Lipinski definition) is 4. The number of nitriles is 1. The molecule has 1 aromatic heterocycles. The summed E-state index contributed by atoms with van der Waals surface area (Å²) in [6.07, 6.45) is 5.94. The first kappa shape index (κ1) is 19.1. The maximum atomic E-state index is 14.3. The molecule has 7 rings (SSSR count). The van der Waals surface area contributed by atoms with E-state index in [0.717, 1.165) is 48.4 Å². The molecule has 2 heterocycles. The zero-order chi connectivity index (χ0) is 22.1. The van der Waals surface area contributed by atoms with Crippen LogP contribution in [0.25, 0.3) is 10.9 Å². The Bertz CT molecular complexity index is 1330. The van der Waals surface area contributed by atoms with Crippen molar-refractivity contribution in [2.45, 2.75) is 38.3 Å². The van der Waals surface area contributed by atoms with Gasteiger partial charge in [0, 0.05) is 30.1 Å². The molecular weight excluding hydrogens is 412 g/mol. The molecule has 32 heavy (non-hydrogen) atoms. The van der Waals surface area contributed by atoms with E-state index in [-0.39, 0.29) is 16.9 Å². The fourth-order valence-corrected chi connectivity index (χ4v) is 5.87. The van der Waals surface area contributed by atoms with Crippen LogP contribution in [0.15, 0.2) is 47.7 Å². The highest BCUT2D eigenvalue weighted by atomic mass is 19.1. The molecule has 0 saturated heterocycles. The number of carbonyl (C=O) groups excluding carboxylic acids is 1. The predicted molar refractivity (Wildman–Crippen MR) is 112 cm³/mol. The Morgan fingerprint density at radius 1 is 1.19 bits per heavy atom. The van der Waals surface area contributed by atoms with Crippen molar-refractivity contribution in [3.8, 4) is 6.07 Å². The smallest absolute Gasteiger partial charge is 0.249 e. The van der Waals surface area contributed by atoms with E-state index in [9.17, 15) is 13.6 Å². The molecule has 2 aromatic carbocycles. The third-order valence-electron chi connectivity index (χ3n) is 7.21. The minimum absolute atomic E-state index is 0.0194. The van der Waals surface area contributed by atoms with Gasteiger partial charge in [0.15, 0.2) is 0 Å². The Labute approximate surface area is 182 Å². The Balaban J connectivity index is 1.18. The molecule has 1 atom stereocenters. The van der Waals surface area contributed by atoms with Crippen LogP contribution in [0.4, 0.5) is 8.78 Å². The largest absolute Gasteiger partial charge is 0.272 e. The van der Waals surface area contributed by atoms with Crippen molar-refractivity contribution in [1.29, 1.82) is 5.26 Å². The molecule has 0 N–H and O–H groups in total. The summed E-state index contributed by atoms with van der Waals surface area (Å²) in [6, 6.07) is 10.4. The van der Waals surface area contributed by atoms with Crippen molar-refractivity contribution >= 4 is 23.0 Å². The van der Waals surface area contributed by atoms with Crippen LogP contribution in [0.2, 0.25) is 0 Å². The van der Waals surface area contributed by atoms with Crippen LogP contribution < -0.4 is 0 Å². The highest BCUT2D eigenvalue weighted by Gasteiger charge is 2.72. The van der Waals surface area contributed by atoms with Gasteiger partial charge in [-0.3, -0.25) is 9.48 Å². The zero-order valence-electron chi connectivity index (χ0n) is 17.1. The standard InChI is InChI=1S/C24H19F2N5O/c25-17-2-3-19(26)18(8-17)21-5-6-28-31(21)22(32)24-11-23(12-24,13-24)14-30-20-4-1-15(9-27)7-16(20)10-29-30/h1-4,6-8,10,21H,5,11-14H2. The van der Waals surface area contributed by atoms with Crippen molar-refractivity contribution in [2.75, 3.05) is 0 Å². The minimum Gasteiger partial charge on any atom is -0.272 e. The van der Waals surface area contributed by atoms with Gasteiger partial charge in [-0.05, 0) is 61.1 Å². The fourth-order valence-electron chi connectivity index (χ4n) is 5.87. The first-order valence-corrected chi connectivity index (χ1v) is 10.6. The van der Waals surface area contributed by atoms with E-state index in [0.29, 0.717) is 18.5 Å². The summed E-state index contributed by atoms with van der Waals surface area (Å²) in [4.78, 5) is 13.3. The van der Waals surface area contributed by atoms with Gasteiger partial charge < -0.3 is 0 Å². The minimum atomic E-state index is -0.604. The quantitative estimate of drug-likeness (QED) is 0.618. The van der Waals surface area contributed by atoms with E-state index >= 15 is 0 Å². The van der Waals surface area contributed by atoms with Gasteiger partial charge in [0.1, 0.15) is 11.6 Å². The Hall–Kier alpha value is -3.60. The molecule has 160 valence electrons. The summed E-state index contributed by atoms with van der Waals surface area (Å²) >= 11 is 0.